The van der Waals surface area contributed by atoms with Gasteiger partial charge in [0.1, 0.15) is 0 Å². The Labute approximate surface area is 146 Å². The summed E-state index contributed by atoms with van der Waals surface area (Å²) in [5.74, 6) is -1.93. The number of rotatable bonds is 13. The van der Waals surface area contributed by atoms with E-state index in [0.29, 0.717) is 31.6 Å². The van der Waals surface area contributed by atoms with E-state index in [1.54, 1.807) is 6.08 Å². The molecule has 0 N–H and O–H groups in total. The zero-order valence-corrected chi connectivity index (χ0v) is 16.7. The summed E-state index contributed by atoms with van der Waals surface area (Å²) in [4.78, 5) is 0. The fourth-order valence-corrected chi connectivity index (χ4v) is 4.49. The van der Waals surface area contributed by atoms with Crippen molar-refractivity contribution in [3.63, 3.8) is 0 Å². The van der Waals surface area contributed by atoms with Crippen LogP contribution in [0.5, 0.6) is 0 Å². The van der Waals surface area contributed by atoms with Crippen molar-refractivity contribution in [1.29, 1.82) is 0 Å². The Bertz CT molecular complexity index is 423. The van der Waals surface area contributed by atoms with Crippen LogP contribution in [0.15, 0.2) is 22.1 Å². The van der Waals surface area contributed by atoms with Crippen LogP contribution in [0.3, 0.4) is 0 Å². The zero-order chi connectivity index (χ0) is 18.1. The van der Waals surface area contributed by atoms with E-state index in [2.05, 4.69) is 0 Å². The van der Waals surface area contributed by atoms with Crippen LogP contribution in [0.1, 0.15) is 65.2 Å². The normalized spacial score (nSPS) is 15.6. The van der Waals surface area contributed by atoms with Crippen LogP contribution in [0, 0.1) is 0 Å². The van der Waals surface area contributed by atoms with E-state index in [9.17, 15) is 15.6 Å². The second-order valence-corrected chi connectivity index (χ2v) is 9.28. The zero-order valence-electron chi connectivity index (χ0n) is 14.6. The van der Waals surface area contributed by atoms with Crippen molar-refractivity contribution in [3.8, 4) is 0 Å². The van der Waals surface area contributed by atoms with Crippen LogP contribution in [0.25, 0.3) is 0 Å². The van der Waals surface area contributed by atoms with Crippen LogP contribution < -0.4 is 0 Å². The van der Waals surface area contributed by atoms with Gasteiger partial charge in [-0.15, -0.1) is 0 Å². The van der Waals surface area contributed by atoms with E-state index in [1.807, 2.05) is 13.8 Å². The van der Waals surface area contributed by atoms with Crippen molar-refractivity contribution in [2.45, 2.75) is 71.2 Å². The van der Waals surface area contributed by atoms with Crippen LogP contribution in [-0.4, -0.2) is 33.8 Å². The third-order valence-electron chi connectivity index (χ3n) is 3.94. The van der Waals surface area contributed by atoms with Gasteiger partial charge in [0.2, 0.25) is 0 Å². The van der Waals surface area contributed by atoms with Crippen LogP contribution >= 0.6 is 0 Å². The summed E-state index contributed by atoms with van der Waals surface area (Å²) in [5, 5.41) is 12.6. The maximum atomic E-state index is 13.1. The van der Waals surface area contributed by atoms with Crippen molar-refractivity contribution in [2.24, 2.45) is 0 Å². The fourth-order valence-electron chi connectivity index (χ4n) is 2.53. The topological polar surface area (TPSA) is 38.4 Å². The molecule has 0 bridgehead atoms. The molecule has 0 spiro atoms. The van der Waals surface area contributed by atoms with Gasteiger partial charge in [0, 0.05) is 0 Å². The molecule has 1 aliphatic rings. The standard InChI is InChI=1S/C17H28F3GeO3/c1-3-5-13-23-17(22,24-14-6-4-2)12-8-10-15-9-7-11-16(15)21(18,19)20/h7,11H,3-6,8-10,12-14H2,1-2H3. The molecule has 0 aromatic rings. The molecule has 0 aliphatic heterocycles. The van der Waals surface area contributed by atoms with Crippen molar-refractivity contribution in [1.82, 2.24) is 0 Å². The first-order valence-electron chi connectivity index (χ1n) is 8.76. The predicted octanol–water partition coefficient (Wildman–Crippen LogP) is 5.52. The number of ether oxygens (including phenoxy) is 2. The van der Waals surface area contributed by atoms with Crippen molar-refractivity contribution < 1.29 is 25.1 Å². The van der Waals surface area contributed by atoms with Gasteiger partial charge in [-0.2, -0.15) is 0 Å². The molecular weight excluding hydrogens is 382 g/mol. The summed E-state index contributed by atoms with van der Waals surface area (Å²) in [6.07, 6.45) is 7.16. The van der Waals surface area contributed by atoms with Crippen LogP contribution in [0.2, 0.25) is 0 Å². The Balaban J connectivity index is 2.54. The van der Waals surface area contributed by atoms with Gasteiger partial charge in [-0.25, -0.2) is 0 Å². The molecule has 0 unspecified atom stereocenters. The molecule has 0 atom stereocenters. The molecule has 0 aromatic carbocycles. The Hall–Kier alpha value is -0.307. The maximum absolute atomic E-state index is 13.1. The SMILES string of the molecule is CCCCOC([O])(CCCC1=[C]([Ge]([F])([F])[F])C=CC1)OCCCC. The predicted molar refractivity (Wildman–Crippen MR) is 88.8 cm³/mol. The molecule has 3 nitrogen and oxygen atoms in total. The van der Waals surface area contributed by atoms with E-state index in [1.165, 1.54) is 6.08 Å². The quantitative estimate of drug-likeness (QED) is 0.228. The average molecular weight is 410 g/mol. The molecule has 0 saturated heterocycles. The number of allylic oxidation sites excluding steroid dienone is 4. The fraction of sp³-hybridized carbons (Fsp3) is 0.765. The molecule has 0 fully saturated rings. The van der Waals surface area contributed by atoms with Crippen molar-refractivity contribution in [2.75, 3.05) is 13.2 Å². The Kier molecular flexibility index (Phi) is 9.63. The van der Waals surface area contributed by atoms with E-state index in [-0.39, 0.29) is 17.2 Å². The third-order valence-corrected chi connectivity index (χ3v) is 6.31. The Morgan fingerprint density at radius 2 is 1.67 bits per heavy atom. The summed E-state index contributed by atoms with van der Waals surface area (Å²) in [5.41, 5.74) is 0.423. The molecule has 0 amide bonds. The van der Waals surface area contributed by atoms with E-state index >= 15 is 0 Å². The van der Waals surface area contributed by atoms with Crippen molar-refractivity contribution in [3.05, 3.63) is 22.1 Å². The van der Waals surface area contributed by atoms with E-state index in [0.717, 1.165) is 25.7 Å². The summed E-state index contributed by atoms with van der Waals surface area (Å²) >= 11 is -6.29. The minimum absolute atomic E-state index is 0.0715. The van der Waals surface area contributed by atoms with Gasteiger partial charge in [0.15, 0.2) is 0 Å². The molecule has 1 rings (SSSR count). The third kappa shape index (κ3) is 7.72. The number of halogens is 3. The van der Waals surface area contributed by atoms with Crippen molar-refractivity contribution >= 4 is 14.7 Å². The number of hydrogen-bond acceptors (Lipinski definition) is 2. The Morgan fingerprint density at radius 3 is 2.17 bits per heavy atom. The molecule has 1 radical (unpaired) electrons. The van der Waals surface area contributed by atoms with Gasteiger partial charge in [0.25, 0.3) is 0 Å². The molecule has 0 aromatic heterocycles. The van der Waals surface area contributed by atoms with Gasteiger partial charge in [-0.05, 0) is 0 Å². The second-order valence-electron chi connectivity index (χ2n) is 6.06. The molecule has 0 heterocycles. The molecule has 1 aliphatic carbocycles. The molecular formula is C17H28F3GeO3. The van der Waals surface area contributed by atoms with Gasteiger partial charge in [-0.1, -0.05) is 0 Å². The number of unbranched alkanes of at least 4 members (excludes halogenated alkanes) is 2. The van der Waals surface area contributed by atoms with Crippen LogP contribution in [0.4, 0.5) is 10.5 Å². The summed E-state index contributed by atoms with van der Waals surface area (Å²) < 4.78 is 49.5. The summed E-state index contributed by atoms with van der Waals surface area (Å²) in [7, 11) is 0. The van der Waals surface area contributed by atoms with Gasteiger partial charge in [0.05, 0.1) is 0 Å². The molecule has 139 valence electrons. The first kappa shape index (κ1) is 21.7. The monoisotopic (exact) mass is 411 g/mol. The van der Waals surface area contributed by atoms with Crippen LogP contribution in [-0.2, 0) is 14.6 Å². The van der Waals surface area contributed by atoms with E-state index in [4.69, 9.17) is 9.47 Å². The molecule has 0 saturated carbocycles. The first-order valence-corrected chi connectivity index (χ1v) is 12.2. The van der Waals surface area contributed by atoms with Gasteiger partial charge < -0.3 is 0 Å². The summed E-state index contributed by atoms with van der Waals surface area (Å²) in [6, 6.07) is 0. The minimum atomic E-state index is -6.29. The Morgan fingerprint density at radius 1 is 1.08 bits per heavy atom. The second kappa shape index (κ2) is 10.6. The first-order chi connectivity index (χ1) is 11.3. The summed E-state index contributed by atoms with van der Waals surface area (Å²) in [6.45, 7) is 4.63. The van der Waals surface area contributed by atoms with Gasteiger partial charge >= 0.3 is 146 Å². The number of hydrogen-bond donors (Lipinski definition) is 0. The molecule has 24 heavy (non-hydrogen) atoms. The molecule has 7 heteroatoms. The van der Waals surface area contributed by atoms with E-state index < -0.39 is 20.6 Å². The average Bonchev–Trinajstić information content (AvgIpc) is 2.96. The van der Waals surface area contributed by atoms with Gasteiger partial charge in [-0.3, -0.25) is 0 Å².